The second-order valence-corrected chi connectivity index (χ2v) is 6.44. The molecule has 0 spiro atoms. The second kappa shape index (κ2) is 12.1. The van der Waals surface area contributed by atoms with Crippen molar-refractivity contribution in [3.05, 3.63) is 65.2 Å². The van der Waals surface area contributed by atoms with Crippen molar-refractivity contribution < 1.29 is 14.3 Å². The summed E-state index contributed by atoms with van der Waals surface area (Å²) >= 11 is 0. The number of carbonyl (C=O) groups is 2. The maximum Gasteiger partial charge on any atom is 0.251 e. The van der Waals surface area contributed by atoms with Crippen LogP contribution in [0.25, 0.3) is 0 Å². The Kier molecular flexibility index (Phi) is 9.18. The highest BCUT2D eigenvalue weighted by Gasteiger charge is 2.06. The maximum absolute atomic E-state index is 12.2. The molecule has 0 heterocycles. The standard InChI is InChI=1S/C22H29N5O3/c1-23-20(28)17-7-4-6-16(14-17)10-11-26-22(24-2)27-13-12-25-21(29)18-8-5-9-19(15-18)30-3/h4-9,14-15H,10-13H2,1-3H3,(H,23,28)(H,25,29)(H2,24,26,27). The normalized spacial score (nSPS) is 10.8. The predicted molar refractivity (Wildman–Crippen MR) is 118 cm³/mol. The summed E-state index contributed by atoms with van der Waals surface area (Å²) in [6.45, 7) is 1.64. The number of carbonyl (C=O) groups excluding carboxylic acids is 2. The number of benzene rings is 2. The molecule has 0 aliphatic rings. The van der Waals surface area contributed by atoms with Gasteiger partial charge in [0.15, 0.2) is 5.96 Å². The summed E-state index contributed by atoms with van der Waals surface area (Å²) in [7, 11) is 4.87. The molecule has 2 aromatic carbocycles. The molecule has 0 saturated carbocycles. The Morgan fingerprint density at radius 2 is 1.57 bits per heavy atom. The number of guanidine groups is 1. The van der Waals surface area contributed by atoms with Crippen LogP contribution in [-0.2, 0) is 6.42 Å². The number of hydrogen-bond acceptors (Lipinski definition) is 4. The first-order chi connectivity index (χ1) is 14.6. The van der Waals surface area contributed by atoms with E-state index in [0.29, 0.717) is 42.5 Å². The summed E-state index contributed by atoms with van der Waals surface area (Å²) in [6.07, 6.45) is 0.748. The van der Waals surface area contributed by atoms with Crippen LogP contribution in [0.5, 0.6) is 5.75 Å². The van der Waals surface area contributed by atoms with Crippen LogP contribution in [0.1, 0.15) is 26.3 Å². The zero-order chi connectivity index (χ0) is 21.8. The molecule has 0 saturated heterocycles. The van der Waals surface area contributed by atoms with Gasteiger partial charge in [0.1, 0.15) is 5.75 Å². The predicted octanol–water partition coefficient (Wildman–Crippen LogP) is 1.19. The van der Waals surface area contributed by atoms with Crippen LogP contribution in [0, 0.1) is 0 Å². The van der Waals surface area contributed by atoms with Gasteiger partial charge in [-0.15, -0.1) is 0 Å². The number of rotatable bonds is 9. The van der Waals surface area contributed by atoms with E-state index < -0.39 is 0 Å². The molecule has 2 rings (SSSR count). The Hall–Kier alpha value is -3.55. The van der Waals surface area contributed by atoms with Crippen molar-refractivity contribution in [2.45, 2.75) is 6.42 Å². The molecule has 2 aromatic rings. The Morgan fingerprint density at radius 1 is 0.900 bits per heavy atom. The molecule has 8 heteroatoms. The zero-order valence-corrected chi connectivity index (χ0v) is 17.6. The molecule has 4 N–H and O–H groups in total. The van der Waals surface area contributed by atoms with Gasteiger partial charge in [-0.05, 0) is 42.3 Å². The van der Waals surface area contributed by atoms with Crippen molar-refractivity contribution in [1.29, 1.82) is 0 Å². The molecular formula is C22H29N5O3. The van der Waals surface area contributed by atoms with Crippen molar-refractivity contribution in [1.82, 2.24) is 21.3 Å². The molecule has 0 unspecified atom stereocenters. The fourth-order valence-electron chi connectivity index (χ4n) is 2.78. The lowest BCUT2D eigenvalue weighted by atomic mass is 10.1. The highest BCUT2D eigenvalue weighted by atomic mass is 16.5. The van der Waals surface area contributed by atoms with Crippen LogP contribution >= 0.6 is 0 Å². The van der Waals surface area contributed by atoms with E-state index in [-0.39, 0.29) is 11.8 Å². The molecule has 0 aliphatic heterocycles. The van der Waals surface area contributed by atoms with Gasteiger partial charge < -0.3 is 26.0 Å². The molecule has 0 aromatic heterocycles. The second-order valence-electron chi connectivity index (χ2n) is 6.44. The maximum atomic E-state index is 12.2. The van der Waals surface area contributed by atoms with Gasteiger partial charge in [0, 0.05) is 44.9 Å². The van der Waals surface area contributed by atoms with E-state index in [1.807, 2.05) is 18.2 Å². The minimum absolute atomic E-state index is 0.0988. The third-order valence-corrected chi connectivity index (χ3v) is 4.38. The lowest BCUT2D eigenvalue weighted by Gasteiger charge is -2.13. The number of hydrogen-bond donors (Lipinski definition) is 4. The summed E-state index contributed by atoms with van der Waals surface area (Å²) in [5, 5.41) is 11.9. The average molecular weight is 412 g/mol. The first kappa shape index (κ1) is 22.7. The van der Waals surface area contributed by atoms with Crippen LogP contribution in [0.4, 0.5) is 0 Å². The van der Waals surface area contributed by atoms with Crippen LogP contribution in [0.2, 0.25) is 0 Å². The summed E-state index contributed by atoms with van der Waals surface area (Å²) in [5.74, 6) is 1.03. The Labute approximate surface area is 177 Å². The van der Waals surface area contributed by atoms with E-state index >= 15 is 0 Å². The molecule has 30 heavy (non-hydrogen) atoms. The summed E-state index contributed by atoms with van der Waals surface area (Å²) in [6, 6.07) is 14.5. The van der Waals surface area contributed by atoms with Gasteiger partial charge in [0.05, 0.1) is 7.11 Å². The molecular weight excluding hydrogens is 382 g/mol. The topological polar surface area (TPSA) is 104 Å². The monoisotopic (exact) mass is 411 g/mol. The van der Waals surface area contributed by atoms with Crippen molar-refractivity contribution in [3.63, 3.8) is 0 Å². The van der Waals surface area contributed by atoms with Gasteiger partial charge in [0.2, 0.25) is 0 Å². The number of methoxy groups -OCH3 is 1. The number of aliphatic imine (C=N–C) groups is 1. The van der Waals surface area contributed by atoms with Crippen LogP contribution in [0.15, 0.2) is 53.5 Å². The van der Waals surface area contributed by atoms with E-state index in [1.54, 1.807) is 51.5 Å². The number of ether oxygens (including phenoxy) is 1. The highest BCUT2D eigenvalue weighted by Crippen LogP contribution is 2.12. The van der Waals surface area contributed by atoms with Gasteiger partial charge in [-0.3, -0.25) is 14.6 Å². The Bertz CT molecular complexity index is 883. The molecule has 0 fully saturated rings. The molecule has 0 atom stereocenters. The minimum Gasteiger partial charge on any atom is -0.497 e. The number of amides is 2. The van der Waals surface area contributed by atoms with Crippen LogP contribution in [-0.4, -0.2) is 58.6 Å². The third kappa shape index (κ3) is 7.12. The van der Waals surface area contributed by atoms with E-state index in [2.05, 4.69) is 26.3 Å². The average Bonchev–Trinajstić information content (AvgIpc) is 2.80. The minimum atomic E-state index is -0.158. The Morgan fingerprint density at radius 3 is 2.27 bits per heavy atom. The summed E-state index contributed by atoms with van der Waals surface area (Å²) in [5.41, 5.74) is 2.25. The summed E-state index contributed by atoms with van der Waals surface area (Å²) in [4.78, 5) is 28.1. The fourth-order valence-corrected chi connectivity index (χ4v) is 2.78. The molecule has 8 nitrogen and oxygen atoms in total. The lowest BCUT2D eigenvalue weighted by Crippen LogP contribution is -2.42. The van der Waals surface area contributed by atoms with Crippen molar-refractivity contribution in [2.75, 3.05) is 40.8 Å². The van der Waals surface area contributed by atoms with Gasteiger partial charge in [-0.25, -0.2) is 0 Å². The molecule has 0 radical (unpaired) electrons. The molecule has 0 bridgehead atoms. The van der Waals surface area contributed by atoms with Gasteiger partial charge in [-0.2, -0.15) is 0 Å². The zero-order valence-electron chi connectivity index (χ0n) is 17.6. The largest absolute Gasteiger partial charge is 0.497 e. The van der Waals surface area contributed by atoms with E-state index in [4.69, 9.17) is 4.74 Å². The smallest absolute Gasteiger partial charge is 0.251 e. The SMILES string of the molecule is CN=C(NCCNC(=O)c1cccc(OC)c1)NCCc1cccc(C(=O)NC)c1. The Balaban J connectivity index is 1.71. The van der Waals surface area contributed by atoms with Crippen molar-refractivity contribution in [2.24, 2.45) is 4.99 Å². The van der Waals surface area contributed by atoms with E-state index in [0.717, 1.165) is 12.0 Å². The van der Waals surface area contributed by atoms with Gasteiger partial charge >= 0.3 is 0 Å². The fraction of sp³-hybridized carbons (Fsp3) is 0.318. The quantitative estimate of drug-likeness (QED) is 0.282. The van der Waals surface area contributed by atoms with E-state index in [1.165, 1.54) is 0 Å². The summed E-state index contributed by atoms with van der Waals surface area (Å²) < 4.78 is 5.13. The third-order valence-electron chi connectivity index (χ3n) is 4.38. The highest BCUT2D eigenvalue weighted by molar-refractivity contribution is 5.94. The molecule has 2 amide bonds. The van der Waals surface area contributed by atoms with Crippen LogP contribution in [0.3, 0.4) is 0 Å². The number of nitrogens with zero attached hydrogens (tertiary/aromatic N) is 1. The van der Waals surface area contributed by atoms with Crippen molar-refractivity contribution in [3.8, 4) is 5.75 Å². The molecule has 0 aliphatic carbocycles. The van der Waals surface area contributed by atoms with Gasteiger partial charge in [0.25, 0.3) is 11.8 Å². The first-order valence-electron chi connectivity index (χ1n) is 9.75. The molecule has 160 valence electrons. The van der Waals surface area contributed by atoms with Crippen LogP contribution < -0.4 is 26.0 Å². The first-order valence-corrected chi connectivity index (χ1v) is 9.75. The van der Waals surface area contributed by atoms with Crippen molar-refractivity contribution >= 4 is 17.8 Å². The van der Waals surface area contributed by atoms with E-state index in [9.17, 15) is 9.59 Å². The number of nitrogens with one attached hydrogen (secondary N) is 4. The lowest BCUT2D eigenvalue weighted by molar-refractivity contribution is 0.0949. The van der Waals surface area contributed by atoms with Gasteiger partial charge in [-0.1, -0.05) is 18.2 Å².